The number of aryl methyl sites for hydroxylation is 1. The second kappa shape index (κ2) is 8.26. The van der Waals surface area contributed by atoms with Crippen molar-refractivity contribution in [2.24, 2.45) is 0 Å². The fraction of sp³-hybridized carbons (Fsp3) is 0.714. The van der Waals surface area contributed by atoms with Gasteiger partial charge in [0.25, 0.3) is 0 Å². The fourth-order valence-electron chi connectivity index (χ4n) is 3.16. The highest BCUT2D eigenvalue weighted by Gasteiger charge is 2.31. The average molecular weight is 343 g/mol. The van der Waals surface area contributed by atoms with Gasteiger partial charge in [0.05, 0.1) is 19.3 Å². The molecule has 2 aliphatic rings. The Morgan fingerprint density at radius 3 is 3.00 bits per heavy atom. The molecule has 0 aromatic carbocycles. The molecule has 128 valence electrons. The second-order valence-electron chi connectivity index (χ2n) is 5.82. The van der Waals surface area contributed by atoms with Crippen LogP contribution in [0.5, 0.6) is 0 Å². The van der Waals surface area contributed by atoms with Crippen molar-refractivity contribution in [2.45, 2.75) is 31.8 Å². The van der Waals surface area contributed by atoms with E-state index < -0.39 is 0 Å². The molecule has 1 N–H and O–H groups in total. The quantitative estimate of drug-likeness (QED) is 0.798. The zero-order chi connectivity index (χ0) is 15.4. The van der Waals surface area contributed by atoms with Crippen LogP contribution in [0.2, 0.25) is 0 Å². The lowest BCUT2D eigenvalue weighted by atomic mass is 10.0. The van der Waals surface area contributed by atoms with E-state index in [9.17, 15) is 9.59 Å². The average Bonchev–Trinajstić information content (AvgIpc) is 3.06. The van der Waals surface area contributed by atoms with Gasteiger partial charge in [0.15, 0.2) is 0 Å². The highest BCUT2D eigenvalue weighted by molar-refractivity contribution is 5.85. The number of likely N-dealkylation sites (tertiary alicyclic amines) is 1. The molecule has 1 aromatic rings. The molecule has 0 aliphatic carbocycles. The number of amides is 2. The predicted octanol–water partition coefficient (Wildman–Crippen LogP) is -0.487. The van der Waals surface area contributed by atoms with Crippen molar-refractivity contribution in [3.05, 3.63) is 12.4 Å². The maximum atomic E-state index is 12.4. The smallest absolute Gasteiger partial charge is 0.236 e. The van der Waals surface area contributed by atoms with E-state index in [1.807, 2.05) is 9.80 Å². The van der Waals surface area contributed by atoms with Crippen LogP contribution in [-0.4, -0.2) is 75.4 Å². The molecule has 2 fully saturated rings. The van der Waals surface area contributed by atoms with Crippen molar-refractivity contribution in [3.8, 4) is 0 Å². The summed E-state index contributed by atoms with van der Waals surface area (Å²) < 4.78 is 1.67. The molecule has 0 bridgehead atoms. The minimum Gasteiger partial charge on any atom is -0.341 e. The van der Waals surface area contributed by atoms with E-state index in [-0.39, 0.29) is 30.3 Å². The van der Waals surface area contributed by atoms with Crippen molar-refractivity contribution in [2.75, 3.05) is 32.7 Å². The van der Waals surface area contributed by atoms with Crippen LogP contribution in [0.15, 0.2) is 12.4 Å². The van der Waals surface area contributed by atoms with Gasteiger partial charge in [-0.25, -0.2) is 0 Å². The number of piperazine rings is 1. The van der Waals surface area contributed by atoms with E-state index in [1.54, 1.807) is 17.1 Å². The van der Waals surface area contributed by atoms with Gasteiger partial charge in [0.2, 0.25) is 11.8 Å². The molecule has 8 nitrogen and oxygen atoms in total. The highest BCUT2D eigenvalue weighted by atomic mass is 35.5. The number of nitrogens with one attached hydrogen (secondary N) is 1. The van der Waals surface area contributed by atoms with Crippen molar-refractivity contribution in [1.29, 1.82) is 0 Å². The van der Waals surface area contributed by atoms with Crippen LogP contribution >= 0.6 is 12.4 Å². The number of hydrogen-bond donors (Lipinski definition) is 1. The van der Waals surface area contributed by atoms with Gasteiger partial charge in [-0.2, -0.15) is 0 Å². The maximum Gasteiger partial charge on any atom is 0.236 e. The molecule has 1 unspecified atom stereocenters. The van der Waals surface area contributed by atoms with Crippen LogP contribution in [0, 0.1) is 0 Å². The third-order valence-corrected chi connectivity index (χ3v) is 4.34. The van der Waals surface area contributed by atoms with Crippen LogP contribution in [0.25, 0.3) is 0 Å². The standard InChI is InChI=1S/C14H22N6O2.ClH/c21-13(3-7-19-8-5-16-17-19)18-6-1-2-12(11-18)20-9-4-15-10-14(20)22;/h5,8,12,15H,1-4,6-7,9-11H2;1H. The van der Waals surface area contributed by atoms with Crippen LogP contribution in [0.1, 0.15) is 19.3 Å². The summed E-state index contributed by atoms with van der Waals surface area (Å²) in [6.07, 6.45) is 5.73. The van der Waals surface area contributed by atoms with Gasteiger partial charge in [-0.05, 0) is 12.8 Å². The molecule has 0 radical (unpaired) electrons. The monoisotopic (exact) mass is 342 g/mol. The van der Waals surface area contributed by atoms with Crippen molar-refractivity contribution >= 4 is 24.2 Å². The van der Waals surface area contributed by atoms with Crippen LogP contribution < -0.4 is 5.32 Å². The van der Waals surface area contributed by atoms with E-state index >= 15 is 0 Å². The molecule has 3 heterocycles. The summed E-state index contributed by atoms with van der Waals surface area (Å²) in [7, 11) is 0. The number of aromatic nitrogens is 3. The zero-order valence-corrected chi connectivity index (χ0v) is 13.9. The van der Waals surface area contributed by atoms with Crippen molar-refractivity contribution in [1.82, 2.24) is 30.1 Å². The Hall–Kier alpha value is -1.67. The Morgan fingerprint density at radius 2 is 2.26 bits per heavy atom. The maximum absolute atomic E-state index is 12.4. The number of halogens is 1. The first-order chi connectivity index (χ1) is 10.7. The molecule has 1 aromatic heterocycles. The Kier molecular flexibility index (Phi) is 6.35. The van der Waals surface area contributed by atoms with Gasteiger partial charge in [-0.1, -0.05) is 5.21 Å². The van der Waals surface area contributed by atoms with Gasteiger partial charge in [0, 0.05) is 44.8 Å². The molecule has 3 rings (SSSR count). The van der Waals surface area contributed by atoms with Gasteiger partial charge in [0.1, 0.15) is 0 Å². The van der Waals surface area contributed by atoms with Crippen LogP contribution in [-0.2, 0) is 16.1 Å². The van der Waals surface area contributed by atoms with Crippen molar-refractivity contribution in [3.63, 3.8) is 0 Å². The normalized spacial score (nSPS) is 21.9. The summed E-state index contributed by atoms with van der Waals surface area (Å²) in [6, 6.07) is 0.165. The number of piperidine rings is 1. The van der Waals surface area contributed by atoms with E-state index in [0.717, 1.165) is 32.5 Å². The number of nitrogens with zero attached hydrogens (tertiary/aromatic N) is 5. The lowest BCUT2D eigenvalue weighted by Crippen LogP contribution is -2.57. The van der Waals surface area contributed by atoms with Crippen molar-refractivity contribution < 1.29 is 9.59 Å². The Labute approximate surface area is 141 Å². The van der Waals surface area contributed by atoms with Gasteiger partial charge < -0.3 is 15.1 Å². The summed E-state index contributed by atoms with van der Waals surface area (Å²) in [5, 5.41) is 10.7. The molecule has 23 heavy (non-hydrogen) atoms. The Bertz CT molecular complexity index is 523. The minimum absolute atomic E-state index is 0. The van der Waals surface area contributed by atoms with Crippen LogP contribution in [0.4, 0.5) is 0 Å². The second-order valence-corrected chi connectivity index (χ2v) is 5.82. The predicted molar refractivity (Wildman–Crippen MR) is 86.1 cm³/mol. The summed E-state index contributed by atoms with van der Waals surface area (Å²) in [5.41, 5.74) is 0. The van der Waals surface area contributed by atoms with E-state index in [0.29, 0.717) is 26.1 Å². The van der Waals surface area contributed by atoms with E-state index in [4.69, 9.17) is 0 Å². The van der Waals surface area contributed by atoms with Crippen LogP contribution in [0.3, 0.4) is 0 Å². The first kappa shape index (κ1) is 17.7. The Morgan fingerprint density at radius 1 is 1.39 bits per heavy atom. The summed E-state index contributed by atoms with van der Waals surface area (Å²) >= 11 is 0. The van der Waals surface area contributed by atoms with E-state index in [1.165, 1.54) is 0 Å². The highest BCUT2D eigenvalue weighted by Crippen LogP contribution is 2.17. The largest absolute Gasteiger partial charge is 0.341 e. The third kappa shape index (κ3) is 4.42. The molecule has 9 heteroatoms. The number of carbonyl (C=O) groups excluding carboxylic acids is 2. The summed E-state index contributed by atoms with van der Waals surface area (Å²) in [4.78, 5) is 28.2. The number of hydrogen-bond acceptors (Lipinski definition) is 5. The van der Waals surface area contributed by atoms with E-state index in [2.05, 4.69) is 15.6 Å². The SMILES string of the molecule is Cl.O=C(CCn1ccnn1)N1CCCC(N2CCNCC2=O)C1. The third-order valence-electron chi connectivity index (χ3n) is 4.34. The lowest BCUT2D eigenvalue weighted by Gasteiger charge is -2.41. The molecule has 2 amide bonds. The molecule has 0 spiro atoms. The summed E-state index contributed by atoms with van der Waals surface area (Å²) in [6.45, 7) is 3.98. The minimum atomic E-state index is 0. The fourth-order valence-corrected chi connectivity index (χ4v) is 3.16. The summed E-state index contributed by atoms with van der Waals surface area (Å²) in [5.74, 6) is 0.274. The molecular weight excluding hydrogens is 320 g/mol. The molecular formula is C14H23ClN6O2. The first-order valence-electron chi connectivity index (χ1n) is 7.86. The topological polar surface area (TPSA) is 83.4 Å². The zero-order valence-electron chi connectivity index (χ0n) is 13.1. The molecule has 0 saturated carbocycles. The molecule has 2 aliphatic heterocycles. The number of carbonyl (C=O) groups is 2. The number of rotatable bonds is 4. The first-order valence-corrected chi connectivity index (χ1v) is 7.86. The van der Waals surface area contributed by atoms with Gasteiger partial charge >= 0.3 is 0 Å². The van der Waals surface area contributed by atoms with Gasteiger partial charge in [-0.15, -0.1) is 17.5 Å². The Balaban J connectivity index is 0.00000192. The molecule has 1 atom stereocenters. The molecule has 2 saturated heterocycles. The lowest BCUT2D eigenvalue weighted by molar-refractivity contribution is -0.140. The van der Waals surface area contributed by atoms with Gasteiger partial charge in [-0.3, -0.25) is 14.3 Å².